The minimum absolute atomic E-state index is 0.131. The zero-order valence-corrected chi connectivity index (χ0v) is 9.83. The molecule has 0 unspecified atom stereocenters. The van der Waals surface area contributed by atoms with Crippen molar-refractivity contribution in [2.24, 2.45) is 5.92 Å². The standard InChI is InChI=1S/C10H13ClN2OS/c11-9-2-1-8(15-9)6-13-10(14)3-7-4-12-5-7/h1-2,7,12H,3-6H2,(H,13,14). The van der Waals surface area contributed by atoms with E-state index in [2.05, 4.69) is 10.6 Å². The quantitative estimate of drug-likeness (QED) is 0.845. The monoisotopic (exact) mass is 244 g/mol. The van der Waals surface area contributed by atoms with Gasteiger partial charge < -0.3 is 10.6 Å². The van der Waals surface area contributed by atoms with Gasteiger partial charge in [0.15, 0.2) is 0 Å². The predicted octanol–water partition coefficient (Wildman–Crippen LogP) is 1.63. The molecular weight excluding hydrogens is 232 g/mol. The van der Waals surface area contributed by atoms with Crippen molar-refractivity contribution in [3.8, 4) is 0 Å². The number of nitrogens with one attached hydrogen (secondary N) is 2. The van der Waals surface area contributed by atoms with Crippen LogP contribution in [0.5, 0.6) is 0 Å². The minimum atomic E-state index is 0.131. The highest BCUT2D eigenvalue weighted by Gasteiger charge is 2.19. The third-order valence-corrected chi connectivity index (χ3v) is 3.66. The Morgan fingerprint density at radius 3 is 2.93 bits per heavy atom. The van der Waals surface area contributed by atoms with E-state index in [9.17, 15) is 4.79 Å². The lowest BCUT2D eigenvalue weighted by molar-refractivity contribution is -0.122. The molecule has 1 aliphatic rings. The second kappa shape index (κ2) is 4.96. The molecular formula is C10H13ClN2OS. The molecule has 2 heterocycles. The van der Waals surface area contributed by atoms with Crippen LogP contribution in [0.3, 0.4) is 0 Å². The van der Waals surface area contributed by atoms with Crippen molar-refractivity contribution in [1.29, 1.82) is 0 Å². The molecule has 0 saturated carbocycles. The third kappa shape index (κ3) is 3.19. The molecule has 3 nitrogen and oxygen atoms in total. The SMILES string of the molecule is O=C(CC1CNC1)NCc1ccc(Cl)s1. The van der Waals surface area contributed by atoms with Crippen LogP contribution in [0.1, 0.15) is 11.3 Å². The highest BCUT2D eigenvalue weighted by atomic mass is 35.5. The van der Waals surface area contributed by atoms with Crippen LogP contribution >= 0.6 is 22.9 Å². The van der Waals surface area contributed by atoms with Gasteiger partial charge in [0.25, 0.3) is 0 Å². The summed E-state index contributed by atoms with van der Waals surface area (Å²) in [4.78, 5) is 12.6. The van der Waals surface area contributed by atoms with E-state index in [4.69, 9.17) is 11.6 Å². The molecule has 0 aromatic carbocycles. The zero-order chi connectivity index (χ0) is 10.7. The van der Waals surface area contributed by atoms with Gasteiger partial charge >= 0.3 is 0 Å². The fourth-order valence-electron chi connectivity index (χ4n) is 1.46. The summed E-state index contributed by atoms with van der Waals surface area (Å²) in [6, 6.07) is 3.79. The van der Waals surface area contributed by atoms with Crippen LogP contribution in [0.15, 0.2) is 12.1 Å². The molecule has 1 aromatic heterocycles. The molecule has 1 aliphatic heterocycles. The van der Waals surface area contributed by atoms with E-state index in [1.807, 2.05) is 12.1 Å². The van der Waals surface area contributed by atoms with Gasteiger partial charge in [-0.05, 0) is 31.1 Å². The van der Waals surface area contributed by atoms with Crippen molar-refractivity contribution in [2.45, 2.75) is 13.0 Å². The summed E-state index contributed by atoms with van der Waals surface area (Å²) in [6.45, 7) is 2.53. The minimum Gasteiger partial charge on any atom is -0.351 e. The van der Waals surface area contributed by atoms with Gasteiger partial charge in [0.2, 0.25) is 5.91 Å². The first-order valence-electron chi connectivity index (χ1n) is 4.95. The summed E-state index contributed by atoms with van der Waals surface area (Å²) >= 11 is 7.30. The Hall–Kier alpha value is -0.580. The first-order valence-corrected chi connectivity index (χ1v) is 6.15. The van der Waals surface area contributed by atoms with Crippen LogP contribution in [0.4, 0.5) is 0 Å². The second-order valence-electron chi connectivity index (χ2n) is 3.71. The van der Waals surface area contributed by atoms with E-state index in [-0.39, 0.29) is 5.91 Å². The van der Waals surface area contributed by atoms with Crippen molar-refractivity contribution >= 4 is 28.8 Å². The molecule has 1 amide bonds. The molecule has 0 aliphatic carbocycles. The smallest absolute Gasteiger partial charge is 0.220 e. The highest BCUT2D eigenvalue weighted by Crippen LogP contribution is 2.21. The van der Waals surface area contributed by atoms with Crippen LogP contribution in [0, 0.1) is 5.92 Å². The molecule has 0 spiro atoms. The van der Waals surface area contributed by atoms with Gasteiger partial charge in [0, 0.05) is 11.3 Å². The topological polar surface area (TPSA) is 41.1 Å². The summed E-state index contributed by atoms with van der Waals surface area (Å²) in [5, 5.41) is 6.04. The first kappa shape index (κ1) is 10.9. The highest BCUT2D eigenvalue weighted by molar-refractivity contribution is 7.16. The molecule has 0 bridgehead atoms. The van der Waals surface area contributed by atoms with Gasteiger partial charge in [-0.2, -0.15) is 0 Å². The van der Waals surface area contributed by atoms with Gasteiger partial charge in [-0.25, -0.2) is 0 Å². The molecule has 1 fully saturated rings. The van der Waals surface area contributed by atoms with E-state index in [1.54, 1.807) is 0 Å². The van der Waals surface area contributed by atoms with Crippen LogP contribution < -0.4 is 10.6 Å². The van der Waals surface area contributed by atoms with Gasteiger partial charge in [-0.1, -0.05) is 11.6 Å². The number of thiophene rings is 1. The second-order valence-corrected chi connectivity index (χ2v) is 5.51. The number of hydrogen-bond donors (Lipinski definition) is 2. The van der Waals surface area contributed by atoms with Gasteiger partial charge in [0.05, 0.1) is 10.9 Å². The van der Waals surface area contributed by atoms with Crippen molar-refractivity contribution in [3.05, 3.63) is 21.3 Å². The van der Waals surface area contributed by atoms with Crippen molar-refractivity contribution in [1.82, 2.24) is 10.6 Å². The number of carbonyl (C=O) groups is 1. The van der Waals surface area contributed by atoms with Crippen LogP contribution in [0.25, 0.3) is 0 Å². The molecule has 1 saturated heterocycles. The van der Waals surface area contributed by atoms with Crippen LogP contribution in [-0.4, -0.2) is 19.0 Å². The first-order chi connectivity index (χ1) is 7.24. The summed E-state index contributed by atoms with van der Waals surface area (Å²) in [5.74, 6) is 0.656. The van der Waals surface area contributed by atoms with Crippen LogP contribution in [-0.2, 0) is 11.3 Å². The largest absolute Gasteiger partial charge is 0.351 e. The summed E-state index contributed by atoms with van der Waals surface area (Å²) in [7, 11) is 0. The van der Waals surface area contributed by atoms with E-state index in [0.717, 1.165) is 22.3 Å². The van der Waals surface area contributed by atoms with E-state index >= 15 is 0 Å². The summed E-state index contributed by atoms with van der Waals surface area (Å²) in [5.41, 5.74) is 0. The predicted molar refractivity (Wildman–Crippen MR) is 62.2 cm³/mol. The van der Waals surface area contributed by atoms with Crippen LogP contribution in [0.2, 0.25) is 4.34 Å². The van der Waals surface area contributed by atoms with Crippen molar-refractivity contribution in [3.63, 3.8) is 0 Å². The van der Waals surface area contributed by atoms with Gasteiger partial charge in [-0.15, -0.1) is 11.3 Å². The average molecular weight is 245 g/mol. The summed E-state index contributed by atoms with van der Waals surface area (Å²) < 4.78 is 0.766. The number of hydrogen-bond acceptors (Lipinski definition) is 3. The number of amides is 1. The lowest BCUT2D eigenvalue weighted by Crippen LogP contribution is -2.44. The Labute approximate surface area is 97.8 Å². The lowest BCUT2D eigenvalue weighted by Gasteiger charge is -2.26. The van der Waals surface area contributed by atoms with Gasteiger partial charge in [0.1, 0.15) is 0 Å². The molecule has 0 atom stereocenters. The normalized spacial score (nSPS) is 16.1. The molecule has 2 rings (SSSR count). The Balaban J connectivity index is 1.70. The summed E-state index contributed by atoms with van der Waals surface area (Å²) in [6.07, 6.45) is 0.631. The fourth-order valence-corrected chi connectivity index (χ4v) is 2.49. The van der Waals surface area contributed by atoms with Crippen molar-refractivity contribution < 1.29 is 4.79 Å². The Morgan fingerprint density at radius 1 is 1.60 bits per heavy atom. The molecule has 15 heavy (non-hydrogen) atoms. The maximum Gasteiger partial charge on any atom is 0.220 e. The van der Waals surface area contributed by atoms with Crippen molar-refractivity contribution in [2.75, 3.05) is 13.1 Å². The molecule has 2 N–H and O–H groups in total. The Kier molecular flexibility index (Phi) is 3.61. The van der Waals surface area contributed by atoms with E-state index < -0.39 is 0 Å². The number of carbonyl (C=O) groups excluding carboxylic acids is 1. The number of halogens is 1. The zero-order valence-electron chi connectivity index (χ0n) is 8.25. The fraction of sp³-hybridized carbons (Fsp3) is 0.500. The average Bonchev–Trinajstić information content (AvgIpc) is 2.55. The van der Waals surface area contributed by atoms with Gasteiger partial charge in [-0.3, -0.25) is 4.79 Å². The molecule has 5 heteroatoms. The van der Waals surface area contributed by atoms with E-state index in [0.29, 0.717) is 18.9 Å². The van der Waals surface area contributed by atoms with E-state index in [1.165, 1.54) is 11.3 Å². The number of rotatable bonds is 4. The third-order valence-electron chi connectivity index (χ3n) is 2.43. The molecule has 0 radical (unpaired) electrons. The Bertz CT molecular complexity index is 349. The lowest BCUT2D eigenvalue weighted by atomic mass is 9.99. The molecule has 82 valence electrons. The molecule has 1 aromatic rings. The Morgan fingerprint density at radius 2 is 2.40 bits per heavy atom. The maximum atomic E-state index is 11.5. The maximum absolute atomic E-state index is 11.5.